The van der Waals surface area contributed by atoms with Gasteiger partial charge in [-0.15, -0.1) is 0 Å². The quantitative estimate of drug-likeness (QED) is 0.447. The zero-order chi connectivity index (χ0) is 23.6. The van der Waals surface area contributed by atoms with E-state index in [0.717, 1.165) is 11.1 Å². The number of carbonyl (C=O) groups is 2. The predicted octanol–water partition coefficient (Wildman–Crippen LogP) is 3.88. The average Bonchev–Trinajstić information content (AvgIpc) is 3.30. The van der Waals surface area contributed by atoms with E-state index in [9.17, 15) is 19.9 Å². The van der Waals surface area contributed by atoms with Crippen molar-refractivity contribution in [2.75, 3.05) is 27.2 Å². The molecular formula is C24H25N3O6. The molecule has 4 rings (SSSR count). The Morgan fingerprint density at radius 3 is 2.24 bits per heavy atom. The number of likely N-dealkylation sites (tertiary alicyclic amines) is 1. The van der Waals surface area contributed by atoms with Gasteiger partial charge >= 0.3 is 12.0 Å². The minimum atomic E-state index is -1.39. The number of benzene rings is 2. The van der Waals surface area contributed by atoms with Gasteiger partial charge in [-0.05, 0) is 37.1 Å². The summed E-state index contributed by atoms with van der Waals surface area (Å²) in [7, 11) is 2.82. The molecule has 0 saturated carbocycles. The molecule has 0 radical (unpaired) electrons. The lowest BCUT2D eigenvalue weighted by Gasteiger charge is -2.37. The third-order valence-corrected chi connectivity index (χ3v) is 6.01. The number of oxazole rings is 1. The maximum atomic E-state index is 12.5. The first kappa shape index (κ1) is 22.3. The van der Waals surface area contributed by atoms with E-state index in [2.05, 4.69) is 4.98 Å². The highest BCUT2D eigenvalue weighted by Gasteiger charge is 2.49. The maximum Gasteiger partial charge on any atom is 0.343 e. The number of hydroxylamine groups is 2. The second-order valence-electron chi connectivity index (χ2n) is 7.97. The number of carboxylic acids is 1. The molecule has 0 aliphatic carbocycles. The number of urea groups is 1. The first-order chi connectivity index (χ1) is 15.9. The van der Waals surface area contributed by atoms with Crippen LogP contribution in [0.1, 0.15) is 18.7 Å². The van der Waals surface area contributed by atoms with Gasteiger partial charge in [0, 0.05) is 31.3 Å². The summed E-state index contributed by atoms with van der Waals surface area (Å²) in [6, 6.07) is 16.1. The number of piperidine rings is 1. The maximum absolute atomic E-state index is 12.5. The van der Waals surface area contributed by atoms with Gasteiger partial charge < -0.3 is 19.2 Å². The molecule has 3 aromatic rings. The summed E-state index contributed by atoms with van der Waals surface area (Å²) in [5, 5.41) is 20.1. The van der Waals surface area contributed by atoms with Crippen molar-refractivity contribution >= 4 is 12.0 Å². The molecule has 1 aliphatic heterocycles. The van der Waals surface area contributed by atoms with Crippen molar-refractivity contribution in [3.8, 4) is 28.3 Å². The first-order valence-corrected chi connectivity index (χ1v) is 10.5. The summed E-state index contributed by atoms with van der Waals surface area (Å²) in [5.41, 5.74) is 0.684. The lowest BCUT2D eigenvalue weighted by atomic mass is 9.78. The van der Waals surface area contributed by atoms with Gasteiger partial charge in [0.15, 0.2) is 5.76 Å². The Morgan fingerprint density at radius 1 is 1.06 bits per heavy atom. The molecule has 0 spiro atoms. The number of hydrogen-bond acceptors (Lipinski definition) is 6. The van der Waals surface area contributed by atoms with Gasteiger partial charge in [0.2, 0.25) is 5.89 Å². The zero-order valence-electron chi connectivity index (χ0n) is 18.4. The molecule has 2 aromatic carbocycles. The number of aliphatic carboxylic acids is 1. The Balaban J connectivity index is 1.77. The summed E-state index contributed by atoms with van der Waals surface area (Å²) in [6.07, 6.45) is 0.220. The number of carboxylic acid groups (broad SMARTS) is 1. The van der Waals surface area contributed by atoms with E-state index in [0.29, 0.717) is 22.3 Å². The largest absolute Gasteiger partial charge is 0.497 e. The van der Waals surface area contributed by atoms with E-state index in [1.165, 1.54) is 11.9 Å². The molecule has 33 heavy (non-hydrogen) atoms. The Labute approximate surface area is 190 Å². The van der Waals surface area contributed by atoms with Gasteiger partial charge in [-0.2, -0.15) is 0 Å². The number of hydrogen-bond donors (Lipinski definition) is 2. The van der Waals surface area contributed by atoms with Gasteiger partial charge in [-0.3, -0.25) is 10.0 Å². The van der Waals surface area contributed by atoms with Crippen molar-refractivity contribution in [3.63, 3.8) is 0 Å². The summed E-state index contributed by atoms with van der Waals surface area (Å²) < 4.78 is 11.4. The van der Waals surface area contributed by atoms with Crippen molar-refractivity contribution in [1.29, 1.82) is 0 Å². The average molecular weight is 451 g/mol. The van der Waals surface area contributed by atoms with Crippen LogP contribution in [0.2, 0.25) is 0 Å². The van der Waals surface area contributed by atoms with E-state index >= 15 is 0 Å². The van der Waals surface area contributed by atoms with E-state index in [1.54, 1.807) is 19.2 Å². The van der Waals surface area contributed by atoms with E-state index in [1.807, 2.05) is 42.5 Å². The van der Waals surface area contributed by atoms with Crippen LogP contribution < -0.4 is 4.74 Å². The number of rotatable bonds is 5. The molecule has 1 aromatic heterocycles. The SMILES string of the molecule is COc1ccc(-c2nc(C3(C(=O)O)CCN(C(=O)N(C)O)CC3)oc2-c2ccccc2)cc1. The highest BCUT2D eigenvalue weighted by atomic mass is 16.5. The first-order valence-electron chi connectivity index (χ1n) is 10.5. The lowest BCUT2D eigenvalue weighted by molar-refractivity contribution is -0.147. The number of aromatic nitrogens is 1. The molecule has 9 heteroatoms. The summed E-state index contributed by atoms with van der Waals surface area (Å²) in [4.78, 5) is 30.7. The third-order valence-electron chi connectivity index (χ3n) is 6.01. The van der Waals surface area contributed by atoms with Crippen molar-refractivity contribution in [3.05, 3.63) is 60.5 Å². The monoisotopic (exact) mass is 451 g/mol. The normalized spacial score (nSPS) is 15.2. The molecule has 1 fully saturated rings. The van der Waals surface area contributed by atoms with Crippen LogP contribution in [0.4, 0.5) is 4.79 Å². The van der Waals surface area contributed by atoms with Crippen LogP contribution in [0.25, 0.3) is 22.6 Å². The van der Waals surface area contributed by atoms with Crippen molar-refractivity contribution < 1.29 is 29.1 Å². The van der Waals surface area contributed by atoms with E-state index in [4.69, 9.17) is 9.15 Å². The number of amides is 2. The molecule has 2 amide bonds. The Morgan fingerprint density at radius 2 is 1.70 bits per heavy atom. The molecule has 0 unspecified atom stereocenters. The Kier molecular flexibility index (Phi) is 6.06. The molecular weight excluding hydrogens is 426 g/mol. The molecule has 2 N–H and O–H groups in total. The summed E-state index contributed by atoms with van der Waals surface area (Å²) in [6.45, 7) is 0.300. The Bertz CT molecular complexity index is 1130. The minimum Gasteiger partial charge on any atom is -0.497 e. The van der Waals surface area contributed by atoms with Crippen LogP contribution in [0.5, 0.6) is 5.75 Å². The predicted molar refractivity (Wildman–Crippen MR) is 119 cm³/mol. The topological polar surface area (TPSA) is 116 Å². The van der Waals surface area contributed by atoms with Gasteiger partial charge in [0.1, 0.15) is 16.9 Å². The lowest BCUT2D eigenvalue weighted by Crippen LogP contribution is -2.51. The fourth-order valence-corrected chi connectivity index (χ4v) is 4.06. The van der Waals surface area contributed by atoms with Gasteiger partial charge in [0.25, 0.3) is 0 Å². The standard InChI is InChI=1S/C24H25N3O6/c1-26(31)23(30)27-14-12-24(13-15-27,22(28)29)21-25-19(16-8-10-18(32-2)11-9-16)20(33-21)17-6-4-3-5-7-17/h3-11,31H,12-15H2,1-2H3,(H,28,29). The van der Waals surface area contributed by atoms with Gasteiger partial charge in [-0.25, -0.2) is 14.8 Å². The molecule has 0 bridgehead atoms. The molecule has 2 heterocycles. The summed E-state index contributed by atoms with van der Waals surface area (Å²) in [5.74, 6) is 0.208. The number of ether oxygens (including phenoxy) is 1. The van der Waals surface area contributed by atoms with Crippen LogP contribution in [-0.2, 0) is 10.2 Å². The van der Waals surface area contributed by atoms with E-state index < -0.39 is 17.4 Å². The number of methoxy groups -OCH3 is 1. The van der Waals surface area contributed by atoms with Crippen LogP contribution in [-0.4, -0.2) is 64.5 Å². The second kappa shape index (κ2) is 8.95. The Hall–Kier alpha value is -3.85. The van der Waals surface area contributed by atoms with Gasteiger partial charge in [0.05, 0.1) is 7.11 Å². The van der Waals surface area contributed by atoms with Crippen molar-refractivity contribution in [1.82, 2.24) is 14.9 Å². The number of carbonyl (C=O) groups excluding carboxylic acids is 1. The molecule has 1 aliphatic rings. The second-order valence-corrected chi connectivity index (χ2v) is 7.97. The third kappa shape index (κ3) is 4.14. The zero-order valence-corrected chi connectivity index (χ0v) is 18.4. The number of nitrogens with zero attached hydrogens (tertiary/aromatic N) is 3. The van der Waals surface area contributed by atoms with E-state index in [-0.39, 0.29) is 31.8 Å². The summed E-state index contributed by atoms with van der Waals surface area (Å²) >= 11 is 0. The minimum absolute atomic E-state index is 0.101. The van der Waals surface area contributed by atoms with Crippen molar-refractivity contribution in [2.45, 2.75) is 18.3 Å². The molecule has 0 atom stereocenters. The molecule has 1 saturated heterocycles. The van der Waals surface area contributed by atoms with Crippen LogP contribution in [0, 0.1) is 0 Å². The van der Waals surface area contributed by atoms with Crippen LogP contribution in [0.15, 0.2) is 59.0 Å². The van der Waals surface area contributed by atoms with Gasteiger partial charge in [-0.1, -0.05) is 30.3 Å². The van der Waals surface area contributed by atoms with Crippen LogP contribution >= 0.6 is 0 Å². The highest BCUT2D eigenvalue weighted by molar-refractivity contribution is 5.83. The molecule has 172 valence electrons. The smallest absolute Gasteiger partial charge is 0.343 e. The fourth-order valence-electron chi connectivity index (χ4n) is 4.06. The van der Waals surface area contributed by atoms with Crippen LogP contribution in [0.3, 0.4) is 0 Å². The molecule has 9 nitrogen and oxygen atoms in total. The highest BCUT2D eigenvalue weighted by Crippen LogP contribution is 2.41. The van der Waals surface area contributed by atoms with Crippen molar-refractivity contribution in [2.24, 2.45) is 0 Å². The fraction of sp³-hybridized carbons (Fsp3) is 0.292.